The van der Waals surface area contributed by atoms with E-state index in [1.54, 1.807) is 18.3 Å². The molecule has 1 amide bonds. The van der Waals surface area contributed by atoms with Crippen molar-refractivity contribution in [1.29, 1.82) is 0 Å². The number of carbonyl (C=O) groups excluding carboxylic acids is 1. The van der Waals surface area contributed by atoms with Crippen LogP contribution >= 0.6 is 0 Å². The van der Waals surface area contributed by atoms with E-state index in [1.807, 2.05) is 11.0 Å². The molecule has 7 nitrogen and oxygen atoms in total. The second-order valence-electron chi connectivity index (χ2n) is 5.03. The van der Waals surface area contributed by atoms with E-state index in [0.29, 0.717) is 18.7 Å². The van der Waals surface area contributed by atoms with E-state index in [2.05, 4.69) is 5.10 Å². The minimum Gasteiger partial charge on any atom is -0.368 e. The zero-order chi connectivity index (χ0) is 14.1. The molecule has 1 aliphatic heterocycles. The standard InChI is InChI=1S/C13H17N5O2/c14-12(19)10-4-3-6-16(10)8-9-18-13(20)17-7-2-1-5-11(17)15-18/h1-2,5,7,10H,3-4,6,8-9H2,(H2,14,19). The number of hydrogen-bond acceptors (Lipinski definition) is 4. The smallest absolute Gasteiger partial charge is 0.350 e. The summed E-state index contributed by atoms with van der Waals surface area (Å²) >= 11 is 0. The molecule has 1 fully saturated rings. The number of carbonyl (C=O) groups is 1. The Labute approximate surface area is 115 Å². The maximum Gasteiger partial charge on any atom is 0.350 e. The fraction of sp³-hybridized carbons (Fsp3) is 0.462. The maximum atomic E-state index is 12.1. The van der Waals surface area contributed by atoms with Crippen molar-refractivity contribution < 1.29 is 4.79 Å². The number of amides is 1. The van der Waals surface area contributed by atoms with E-state index in [-0.39, 0.29) is 17.6 Å². The lowest BCUT2D eigenvalue weighted by molar-refractivity contribution is -0.122. The number of fused-ring (bicyclic) bond motifs is 1. The predicted molar refractivity (Wildman–Crippen MR) is 73.2 cm³/mol. The fourth-order valence-corrected chi connectivity index (χ4v) is 2.75. The molecule has 0 saturated carbocycles. The molecule has 0 aliphatic carbocycles. The maximum absolute atomic E-state index is 12.1. The Hall–Kier alpha value is -2.15. The molecule has 2 N–H and O–H groups in total. The van der Waals surface area contributed by atoms with E-state index in [9.17, 15) is 9.59 Å². The molecule has 1 atom stereocenters. The highest BCUT2D eigenvalue weighted by Crippen LogP contribution is 2.16. The van der Waals surface area contributed by atoms with Gasteiger partial charge in [-0.15, -0.1) is 5.10 Å². The number of hydrogen-bond donors (Lipinski definition) is 1. The zero-order valence-corrected chi connectivity index (χ0v) is 11.1. The molecule has 1 unspecified atom stereocenters. The van der Waals surface area contributed by atoms with Gasteiger partial charge in [-0.3, -0.25) is 14.1 Å². The molecule has 106 valence electrons. The van der Waals surface area contributed by atoms with Crippen LogP contribution in [0.4, 0.5) is 0 Å². The lowest BCUT2D eigenvalue weighted by atomic mass is 10.2. The van der Waals surface area contributed by atoms with Gasteiger partial charge in [0.05, 0.1) is 12.6 Å². The number of rotatable bonds is 4. The van der Waals surface area contributed by atoms with E-state index < -0.39 is 0 Å². The summed E-state index contributed by atoms with van der Waals surface area (Å²) in [5.41, 5.74) is 5.85. The van der Waals surface area contributed by atoms with E-state index in [4.69, 9.17) is 5.73 Å². The van der Waals surface area contributed by atoms with Crippen molar-refractivity contribution in [1.82, 2.24) is 19.1 Å². The Kier molecular flexibility index (Phi) is 3.27. The summed E-state index contributed by atoms with van der Waals surface area (Å²) in [6.45, 7) is 1.91. The molecule has 0 radical (unpaired) electrons. The molecule has 1 aliphatic rings. The van der Waals surface area contributed by atoms with Crippen molar-refractivity contribution in [2.24, 2.45) is 5.73 Å². The molecule has 0 bridgehead atoms. The normalized spacial score (nSPS) is 19.7. The first-order valence-corrected chi connectivity index (χ1v) is 6.74. The molecule has 0 aromatic carbocycles. The van der Waals surface area contributed by atoms with E-state index >= 15 is 0 Å². The van der Waals surface area contributed by atoms with Crippen LogP contribution in [0.15, 0.2) is 29.2 Å². The average molecular weight is 275 g/mol. The minimum atomic E-state index is -0.287. The van der Waals surface area contributed by atoms with Gasteiger partial charge in [0.25, 0.3) is 0 Å². The summed E-state index contributed by atoms with van der Waals surface area (Å²) < 4.78 is 2.95. The van der Waals surface area contributed by atoms with Gasteiger partial charge in [-0.1, -0.05) is 6.07 Å². The SMILES string of the molecule is NC(=O)C1CCCN1CCn1nc2ccccn2c1=O. The number of likely N-dealkylation sites (tertiary alicyclic amines) is 1. The van der Waals surface area contributed by atoms with Crippen LogP contribution < -0.4 is 11.4 Å². The second kappa shape index (κ2) is 5.09. The predicted octanol–water partition coefficient (Wildman–Crippen LogP) is -0.554. The number of pyridine rings is 1. The summed E-state index contributed by atoms with van der Waals surface area (Å²) in [4.78, 5) is 25.5. The van der Waals surface area contributed by atoms with Gasteiger partial charge in [0, 0.05) is 12.7 Å². The Morgan fingerprint density at radius 1 is 1.40 bits per heavy atom. The van der Waals surface area contributed by atoms with Gasteiger partial charge in [-0.05, 0) is 31.5 Å². The van der Waals surface area contributed by atoms with Gasteiger partial charge < -0.3 is 5.73 Å². The first-order valence-electron chi connectivity index (χ1n) is 6.74. The number of nitrogens with zero attached hydrogens (tertiary/aromatic N) is 4. The highest BCUT2D eigenvalue weighted by Gasteiger charge is 2.28. The molecule has 1 saturated heterocycles. The van der Waals surface area contributed by atoms with Gasteiger partial charge in [-0.2, -0.15) is 0 Å². The second-order valence-corrected chi connectivity index (χ2v) is 5.03. The van der Waals surface area contributed by atoms with Gasteiger partial charge in [-0.25, -0.2) is 9.48 Å². The largest absolute Gasteiger partial charge is 0.368 e. The Bertz CT molecular complexity index is 689. The van der Waals surface area contributed by atoms with Crippen molar-refractivity contribution >= 4 is 11.6 Å². The average Bonchev–Trinajstić information content (AvgIpc) is 3.02. The van der Waals surface area contributed by atoms with Gasteiger partial charge in [0.2, 0.25) is 5.91 Å². The molecular weight excluding hydrogens is 258 g/mol. The molecule has 20 heavy (non-hydrogen) atoms. The van der Waals surface area contributed by atoms with Crippen LogP contribution in [0.25, 0.3) is 5.65 Å². The van der Waals surface area contributed by atoms with Gasteiger partial charge in [0.15, 0.2) is 5.65 Å². The molecule has 3 heterocycles. The third-order valence-electron chi connectivity index (χ3n) is 3.78. The molecule has 7 heteroatoms. The molecule has 0 spiro atoms. The van der Waals surface area contributed by atoms with Crippen LogP contribution in [-0.4, -0.2) is 44.1 Å². The van der Waals surface area contributed by atoms with Crippen molar-refractivity contribution in [3.8, 4) is 0 Å². The third-order valence-corrected chi connectivity index (χ3v) is 3.78. The van der Waals surface area contributed by atoms with Crippen LogP contribution in [0.2, 0.25) is 0 Å². The van der Waals surface area contributed by atoms with Crippen LogP contribution in [0.3, 0.4) is 0 Å². The highest BCUT2D eigenvalue weighted by atomic mass is 16.2. The summed E-state index contributed by atoms with van der Waals surface area (Å²) in [7, 11) is 0. The molecule has 3 rings (SSSR count). The van der Waals surface area contributed by atoms with E-state index in [1.165, 1.54) is 9.08 Å². The van der Waals surface area contributed by atoms with Crippen LogP contribution in [0.5, 0.6) is 0 Å². The monoisotopic (exact) mass is 275 g/mol. The lowest BCUT2D eigenvalue weighted by Crippen LogP contribution is -2.42. The summed E-state index contributed by atoms with van der Waals surface area (Å²) in [5.74, 6) is -0.287. The van der Waals surface area contributed by atoms with Crippen molar-refractivity contribution in [3.05, 3.63) is 34.9 Å². The molecule has 2 aromatic heterocycles. The Morgan fingerprint density at radius 3 is 3.00 bits per heavy atom. The zero-order valence-electron chi connectivity index (χ0n) is 11.1. The minimum absolute atomic E-state index is 0.157. The highest BCUT2D eigenvalue weighted by molar-refractivity contribution is 5.80. The van der Waals surface area contributed by atoms with Crippen LogP contribution in [0, 0.1) is 0 Å². The van der Waals surface area contributed by atoms with Gasteiger partial charge >= 0.3 is 5.69 Å². The number of aromatic nitrogens is 3. The van der Waals surface area contributed by atoms with Crippen molar-refractivity contribution in [3.63, 3.8) is 0 Å². The summed E-state index contributed by atoms with van der Waals surface area (Å²) in [6.07, 6.45) is 3.46. The third kappa shape index (κ3) is 2.20. The van der Waals surface area contributed by atoms with E-state index in [0.717, 1.165) is 19.4 Å². The van der Waals surface area contributed by atoms with Crippen molar-refractivity contribution in [2.45, 2.75) is 25.4 Å². The Balaban J connectivity index is 1.76. The topological polar surface area (TPSA) is 85.6 Å². The first-order chi connectivity index (χ1) is 9.66. The molecule has 2 aromatic rings. The van der Waals surface area contributed by atoms with Crippen LogP contribution in [0.1, 0.15) is 12.8 Å². The van der Waals surface area contributed by atoms with Crippen LogP contribution in [-0.2, 0) is 11.3 Å². The quantitative estimate of drug-likeness (QED) is 0.811. The number of nitrogens with two attached hydrogens (primary N) is 1. The van der Waals surface area contributed by atoms with Crippen molar-refractivity contribution in [2.75, 3.05) is 13.1 Å². The molecular formula is C13H17N5O2. The Morgan fingerprint density at radius 2 is 2.25 bits per heavy atom. The fourth-order valence-electron chi connectivity index (χ4n) is 2.75. The first kappa shape index (κ1) is 12.9. The summed E-state index contributed by atoms with van der Waals surface area (Å²) in [6, 6.07) is 5.22. The summed E-state index contributed by atoms with van der Waals surface area (Å²) in [5, 5.41) is 4.27. The number of primary amides is 1. The lowest BCUT2D eigenvalue weighted by Gasteiger charge is -2.21. The van der Waals surface area contributed by atoms with Gasteiger partial charge in [0.1, 0.15) is 0 Å².